The van der Waals surface area contributed by atoms with Crippen LogP contribution in [-0.2, 0) is 9.53 Å². The summed E-state index contributed by atoms with van der Waals surface area (Å²) in [7, 11) is 1.46. The van der Waals surface area contributed by atoms with Gasteiger partial charge in [0.1, 0.15) is 0 Å². The summed E-state index contributed by atoms with van der Waals surface area (Å²) in [6.07, 6.45) is 7.07. The molecule has 0 bridgehead atoms. The second-order valence-electron chi connectivity index (χ2n) is 5.52. The summed E-state index contributed by atoms with van der Waals surface area (Å²) >= 11 is 0. The van der Waals surface area contributed by atoms with Crippen LogP contribution >= 0.6 is 0 Å². The summed E-state index contributed by atoms with van der Waals surface area (Å²) in [5, 5.41) is 3.37. The first kappa shape index (κ1) is 13.6. The highest BCUT2D eigenvalue weighted by atomic mass is 16.5. The van der Waals surface area contributed by atoms with Gasteiger partial charge in [0.25, 0.3) is 0 Å². The lowest BCUT2D eigenvalue weighted by Crippen LogP contribution is -2.38. The van der Waals surface area contributed by atoms with Gasteiger partial charge in [0.05, 0.1) is 25.3 Å². The number of hydrogen-bond donors (Lipinski definition) is 1. The smallest absolute Gasteiger partial charge is 0.329 e. The molecule has 1 aliphatic carbocycles. The lowest BCUT2D eigenvalue weighted by Gasteiger charge is -2.28. The number of ether oxygens (including phenoxy) is 1. The van der Waals surface area contributed by atoms with Crippen LogP contribution in [0.25, 0.3) is 0 Å². The predicted molar refractivity (Wildman–Crippen MR) is 74.3 cm³/mol. The molecule has 110 valence electrons. The van der Waals surface area contributed by atoms with E-state index < -0.39 is 0 Å². The van der Waals surface area contributed by atoms with E-state index in [1.165, 1.54) is 20.0 Å². The van der Waals surface area contributed by atoms with Crippen molar-refractivity contribution in [3.63, 3.8) is 0 Å². The molecule has 2 fully saturated rings. The van der Waals surface area contributed by atoms with Crippen LogP contribution in [0.2, 0.25) is 0 Å². The van der Waals surface area contributed by atoms with Crippen LogP contribution in [0.15, 0.2) is 12.5 Å². The molecule has 1 N–H and O–H groups in total. The van der Waals surface area contributed by atoms with E-state index in [4.69, 9.17) is 4.74 Å². The van der Waals surface area contributed by atoms with Gasteiger partial charge in [-0.3, -0.25) is 4.90 Å². The van der Waals surface area contributed by atoms with Crippen LogP contribution in [0.4, 0.5) is 0 Å². The highest BCUT2D eigenvalue weighted by Crippen LogP contribution is 2.38. The maximum absolute atomic E-state index is 12.3. The van der Waals surface area contributed by atoms with E-state index in [2.05, 4.69) is 19.8 Å². The van der Waals surface area contributed by atoms with Crippen LogP contribution in [0.3, 0.4) is 0 Å². The zero-order chi connectivity index (χ0) is 13.9. The van der Waals surface area contributed by atoms with Crippen molar-refractivity contribution in [3.8, 4) is 0 Å². The lowest BCUT2D eigenvalue weighted by molar-refractivity contribution is -0.147. The van der Waals surface area contributed by atoms with Crippen molar-refractivity contribution < 1.29 is 9.53 Å². The Kier molecular flexibility index (Phi) is 4.03. The monoisotopic (exact) mass is 278 g/mol. The third kappa shape index (κ3) is 2.71. The summed E-state index contributed by atoms with van der Waals surface area (Å²) in [6.45, 7) is 3.68. The molecular formula is C14H22N4O2. The summed E-state index contributed by atoms with van der Waals surface area (Å²) in [5.74, 6) is -0.186. The van der Waals surface area contributed by atoms with E-state index in [0.29, 0.717) is 6.04 Å². The molecule has 6 heteroatoms. The molecule has 20 heavy (non-hydrogen) atoms. The molecule has 3 rings (SSSR count). The molecule has 1 unspecified atom stereocenters. The number of aromatic nitrogens is 2. The first-order valence-electron chi connectivity index (χ1n) is 7.35. The second-order valence-corrected chi connectivity index (χ2v) is 5.52. The van der Waals surface area contributed by atoms with Gasteiger partial charge in [-0.1, -0.05) is 0 Å². The van der Waals surface area contributed by atoms with Crippen LogP contribution in [0.1, 0.15) is 37.0 Å². The fourth-order valence-corrected chi connectivity index (χ4v) is 2.88. The Morgan fingerprint density at radius 2 is 2.30 bits per heavy atom. The minimum Gasteiger partial charge on any atom is -0.468 e. The van der Waals surface area contributed by atoms with E-state index in [1.54, 1.807) is 0 Å². The predicted octanol–water partition coefficient (Wildman–Crippen LogP) is 0.727. The normalized spacial score (nSPS) is 22.2. The summed E-state index contributed by atoms with van der Waals surface area (Å²) in [5.41, 5.74) is 0.973. The molecule has 1 atom stereocenters. The fraction of sp³-hybridized carbons (Fsp3) is 0.714. The molecule has 0 radical (unpaired) electrons. The van der Waals surface area contributed by atoms with Gasteiger partial charge in [-0.2, -0.15) is 0 Å². The summed E-state index contributed by atoms with van der Waals surface area (Å²) < 4.78 is 7.20. The molecule has 1 aliphatic heterocycles. The number of nitrogens with zero attached hydrogens (tertiary/aromatic N) is 3. The van der Waals surface area contributed by atoms with Crippen molar-refractivity contribution in [2.24, 2.45) is 0 Å². The van der Waals surface area contributed by atoms with Crippen molar-refractivity contribution in [1.82, 2.24) is 19.8 Å². The number of methoxy groups -OCH3 is 1. The minimum atomic E-state index is -0.331. The highest BCUT2D eigenvalue weighted by molar-refractivity contribution is 5.77. The quantitative estimate of drug-likeness (QED) is 0.823. The summed E-state index contributed by atoms with van der Waals surface area (Å²) in [6, 6.07) is 0.188. The third-order valence-corrected chi connectivity index (χ3v) is 4.08. The van der Waals surface area contributed by atoms with E-state index in [9.17, 15) is 4.79 Å². The zero-order valence-corrected chi connectivity index (χ0v) is 11.9. The van der Waals surface area contributed by atoms with Gasteiger partial charge in [0.2, 0.25) is 0 Å². The Hall–Kier alpha value is -1.40. The third-order valence-electron chi connectivity index (χ3n) is 4.08. The Labute approximate surface area is 119 Å². The SMILES string of the molecule is COC(=O)C(c1cncn1C1CC1)N1CCCNCC1. The van der Waals surface area contributed by atoms with Gasteiger partial charge >= 0.3 is 5.97 Å². The zero-order valence-electron chi connectivity index (χ0n) is 11.9. The van der Waals surface area contributed by atoms with Gasteiger partial charge < -0.3 is 14.6 Å². The van der Waals surface area contributed by atoms with Crippen molar-refractivity contribution in [2.45, 2.75) is 31.3 Å². The Bertz CT molecular complexity index is 461. The van der Waals surface area contributed by atoms with Crippen LogP contribution in [-0.4, -0.2) is 53.7 Å². The fourth-order valence-electron chi connectivity index (χ4n) is 2.88. The van der Waals surface area contributed by atoms with Gasteiger partial charge in [-0.25, -0.2) is 9.78 Å². The van der Waals surface area contributed by atoms with E-state index >= 15 is 0 Å². The molecule has 1 aromatic heterocycles. The Morgan fingerprint density at radius 1 is 1.45 bits per heavy atom. The molecule has 6 nitrogen and oxygen atoms in total. The molecule has 1 saturated carbocycles. The molecule has 2 aliphatic rings. The molecule has 2 heterocycles. The summed E-state index contributed by atoms with van der Waals surface area (Å²) in [4.78, 5) is 18.8. The molecule has 1 saturated heterocycles. The molecular weight excluding hydrogens is 256 g/mol. The molecule has 0 aromatic carbocycles. The molecule has 0 amide bonds. The first-order chi connectivity index (χ1) is 9.81. The van der Waals surface area contributed by atoms with Crippen LogP contribution in [0, 0.1) is 0 Å². The van der Waals surface area contributed by atoms with E-state index in [1.807, 2.05) is 12.5 Å². The van der Waals surface area contributed by atoms with Gasteiger partial charge in [0.15, 0.2) is 6.04 Å². The first-order valence-corrected chi connectivity index (χ1v) is 7.35. The lowest BCUT2D eigenvalue weighted by atomic mass is 10.1. The van der Waals surface area contributed by atoms with Crippen LogP contribution < -0.4 is 5.32 Å². The van der Waals surface area contributed by atoms with E-state index in [0.717, 1.165) is 38.3 Å². The topological polar surface area (TPSA) is 59.4 Å². The number of nitrogens with one attached hydrogen (secondary N) is 1. The largest absolute Gasteiger partial charge is 0.468 e. The maximum Gasteiger partial charge on any atom is 0.329 e. The molecule has 0 spiro atoms. The minimum absolute atomic E-state index is 0.186. The van der Waals surface area contributed by atoms with Gasteiger partial charge in [-0.15, -0.1) is 0 Å². The van der Waals surface area contributed by atoms with Gasteiger partial charge in [-0.05, 0) is 25.8 Å². The van der Waals surface area contributed by atoms with Crippen molar-refractivity contribution in [3.05, 3.63) is 18.2 Å². The average molecular weight is 278 g/mol. The number of rotatable bonds is 4. The van der Waals surface area contributed by atoms with Crippen LogP contribution in [0.5, 0.6) is 0 Å². The van der Waals surface area contributed by atoms with Crippen molar-refractivity contribution >= 4 is 5.97 Å². The Balaban J connectivity index is 1.88. The van der Waals surface area contributed by atoms with Crippen molar-refractivity contribution in [1.29, 1.82) is 0 Å². The standard InChI is InChI=1S/C14H22N4O2/c1-20-14(19)13(17-7-2-5-15-6-8-17)12-9-16-10-18(12)11-3-4-11/h9-11,13,15H,2-8H2,1H3. The Morgan fingerprint density at radius 3 is 3.05 bits per heavy atom. The average Bonchev–Trinajstić information content (AvgIpc) is 3.25. The highest BCUT2D eigenvalue weighted by Gasteiger charge is 2.35. The maximum atomic E-state index is 12.3. The number of esters is 1. The second kappa shape index (κ2) is 5.93. The van der Waals surface area contributed by atoms with E-state index in [-0.39, 0.29) is 12.0 Å². The number of imidazole rings is 1. The van der Waals surface area contributed by atoms with Crippen molar-refractivity contribution in [2.75, 3.05) is 33.3 Å². The number of hydrogen-bond acceptors (Lipinski definition) is 5. The van der Waals surface area contributed by atoms with Gasteiger partial charge in [0, 0.05) is 25.7 Å². The number of carbonyl (C=O) groups is 1. The number of carbonyl (C=O) groups excluding carboxylic acids is 1. The molecule has 1 aromatic rings.